The van der Waals surface area contributed by atoms with E-state index in [0.29, 0.717) is 16.9 Å². The highest BCUT2D eigenvalue weighted by Gasteiger charge is 2.52. The fourth-order valence-corrected chi connectivity index (χ4v) is 2.51. The summed E-state index contributed by atoms with van der Waals surface area (Å²) in [5, 5.41) is 12.2. The Labute approximate surface area is 155 Å². The molecule has 0 aromatic heterocycles. The lowest BCUT2D eigenvalue weighted by Gasteiger charge is -2.32. The summed E-state index contributed by atoms with van der Waals surface area (Å²) in [4.78, 5) is 11.4. The molecule has 1 aliphatic heterocycles. The zero-order valence-corrected chi connectivity index (χ0v) is 16.2. The third kappa shape index (κ3) is 4.27. The number of ether oxygens (including phenoxy) is 1. The molecule has 0 spiro atoms. The van der Waals surface area contributed by atoms with Gasteiger partial charge in [0.2, 0.25) is 5.91 Å². The van der Waals surface area contributed by atoms with E-state index in [1.807, 2.05) is 33.8 Å². The number of rotatable bonds is 5. The van der Waals surface area contributed by atoms with Gasteiger partial charge in [0.1, 0.15) is 5.75 Å². The Kier molecular flexibility index (Phi) is 5.79. The third-order valence-electron chi connectivity index (χ3n) is 4.82. The maximum atomic E-state index is 11.4. The number of nitriles is 1. The van der Waals surface area contributed by atoms with Crippen LogP contribution < -0.4 is 10.1 Å². The molecule has 6 nitrogen and oxygen atoms in total. The summed E-state index contributed by atoms with van der Waals surface area (Å²) >= 11 is 0. The summed E-state index contributed by atoms with van der Waals surface area (Å²) in [6.45, 7) is 9.58. The van der Waals surface area contributed by atoms with Gasteiger partial charge in [-0.25, -0.2) is 0 Å². The molecular formula is C19H25BN2O4. The lowest BCUT2D eigenvalue weighted by molar-refractivity contribution is -0.118. The fourth-order valence-electron chi connectivity index (χ4n) is 2.51. The molecule has 1 saturated heterocycles. The highest BCUT2D eigenvalue weighted by molar-refractivity contribution is 6.56. The molecule has 0 radical (unpaired) electrons. The molecule has 138 valence electrons. The summed E-state index contributed by atoms with van der Waals surface area (Å²) in [5.74, 6) is 0.488. The van der Waals surface area contributed by atoms with Crippen molar-refractivity contribution in [3.8, 4) is 11.8 Å². The van der Waals surface area contributed by atoms with Crippen LogP contribution in [0, 0.1) is 11.3 Å². The topological polar surface area (TPSA) is 80.6 Å². The average molecular weight is 356 g/mol. The molecular weight excluding hydrogens is 331 g/mol. The summed E-state index contributed by atoms with van der Waals surface area (Å²) in [6.07, 6.45) is 1.82. The molecule has 1 aliphatic rings. The standard InChI is InChI=1S/C19H25BN2O4/c1-13(23)22-12-16(20-25-18(2,3)19(4,5)26-20)9-15-10-17(24-6)8-7-14(15)11-21/h7-10H,12H2,1-6H3,(H,22,23). The minimum Gasteiger partial charge on any atom is -0.497 e. The van der Waals surface area contributed by atoms with Gasteiger partial charge < -0.3 is 19.4 Å². The largest absolute Gasteiger partial charge is 0.497 e. The van der Waals surface area contributed by atoms with Gasteiger partial charge in [-0.05, 0) is 56.9 Å². The number of benzene rings is 1. The number of carbonyl (C=O) groups is 1. The Morgan fingerprint density at radius 2 is 1.92 bits per heavy atom. The molecule has 0 unspecified atom stereocenters. The van der Waals surface area contributed by atoms with Crippen molar-refractivity contribution >= 4 is 19.1 Å². The van der Waals surface area contributed by atoms with Crippen LogP contribution in [0.25, 0.3) is 6.08 Å². The minimum atomic E-state index is -0.621. The van der Waals surface area contributed by atoms with Crippen molar-refractivity contribution < 1.29 is 18.8 Å². The third-order valence-corrected chi connectivity index (χ3v) is 4.82. The predicted molar refractivity (Wildman–Crippen MR) is 100 cm³/mol. The molecule has 1 amide bonds. The first-order valence-electron chi connectivity index (χ1n) is 8.48. The van der Waals surface area contributed by atoms with Crippen LogP contribution in [0.5, 0.6) is 5.75 Å². The molecule has 0 aliphatic carbocycles. The first-order chi connectivity index (χ1) is 12.1. The van der Waals surface area contributed by atoms with E-state index >= 15 is 0 Å². The van der Waals surface area contributed by atoms with Crippen LogP contribution in [0.1, 0.15) is 45.7 Å². The predicted octanol–water partition coefficient (Wildman–Crippen LogP) is 2.72. The number of hydrogen-bond acceptors (Lipinski definition) is 5. The van der Waals surface area contributed by atoms with E-state index in [4.69, 9.17) is 14.0 Å². The van der Waals surface area contributed by atoms with Gasteiger partial charge in [-0.3, -0.25) is 4.79 Å². The van der Waals surface area contributed by atoms with Crippen molar-refractivity contribution in [1.82, 2.24) is 5.32 Å². The van der Waals surface area contributed by atoms with Crippen LogP contribution in [0.3, 0.4) is 0 Å². The second-order valence-electron chi connectivity index (χ2n) is 7.28. The van der Waals surface area contributed by atoms with E-state index < -0.39 is 18.3 Å². The van der Waals surface area contributed by atoms with Gasteiger partial charge >= 0.3 is 7.12 Å². The Morgan fingerprint density at radius 3 is 2.42 bits per heavy atom. The van der Waals surface area contributed by atoms with Crippen LogP contribution in [0.4, 0.5) is 0 Å². The van der Waals surface area contributed by atoms with E-state index in [-0.39, 0.29) is 12.5 Å². The zero-order chi connectivity index (χ0) is 19.5. The highest BCUT2D eigenvalue weighted by Crippen LogP contribution is 2.39. The normalized spacial score (nSPS) is 18.3. The van der Waals surface area contributed by atoms with Crippen molar-refractivity contribution in [2.45, 2.75) is 45.8 Å². The molecule has 1 N–H and O–H groups in total. The van der Waals surface area contributed by atoms with Crippen LogP contribution in [-0.2, 0) is 14.1 Å². The van der Waals surface area contributed by atoms with E-state index in [1.165, 1.54) is 6.92 Å². The molecule has 0 atom stereocenters. The van der Waals surface area contributed by atoms with Gasteiger partial charge in [0, 0.05) is 13.5 Å². The van der Waals surface area contributed by atoms with Crippen molar-refractivity contribution in [3.05, 3.63) is 34.8 Å². The lowest BCUT2D eigenvalue weighted by atomic mass is 9.76. The quantitative estimate of drug-likeness (QED) is 0.821. The molecule has 26 heavy (non-hydrogen) atoms. The molecule has 1 aromatic carbocycles. The van der Waals surface area contributed by atoms with Crippen LogP contribution in [0.2, 0.25) is 0 Å². The SMILES string of the molecule is COc1ccc(C#N)c(C=C(CNC(C)=O)B2OC(C)(C)C(C)(C)O2)c1. The van der Waals surface area contributed by atoms with E-state index in [1.54, 1.807) is 25.3 Å². The maximum Gasteiger partial charge on any atom is 0.492 e. The van der Waals surface area contributed by atoms with Crippen molar-refractivity contribution in [3.63, 3.8) is 0 Å². The first-order valence-corrected chi connectivity index (χ1v) is 8.48. The Morgan fingerprint density at radius 1 is 1.31 bits per heavy atom. The van der Waals surface area contributed by atoms with Crippen molar-refractivity contribution in [2.24, 2.45) is 0 Å². The van der Waals surface area contributed by atoms with Crippen molar-refractivity contribution in [1.29, 1.82) is 5.26 Å². The Hall–Kier alpha value is -2.30. The number of hydrogen-bond donors (Lipinski definition) is 1. The number of methoxy groups -OCH3 is 1. The summed E-state index contributed by atoms with van der Waals surface area (Å²) in [5.41, 5.74) is 0.909. The number of amides is 1. The zero-order valence-electron chi connectivity index (χ0n) is 16.2. The number of nitrogens with one attached hydrogen (secondary N) is 1. The minimum absolute atomic E-state index is 0.154. The highest BCUT2D eigenvalue weighted by atomic mass is 16.7. The second-order valence-corrected chi connectivity index (χ2v) is 7.28. The molecule has 1 heterocycles. The van der Waals surface area contributed by atoms with E-state index in [0.717, 1.165) is 5.47 Å². The van der Waals surface area contributed by atoms with Gasteiger partial charge in [0.05, 0.1) is 29.9 Å². The molecule has 0 saturated carbocycles. The van der Waals surface area contributed by atoms with Crippen LogP contribution >= 0.6 is 0 Å². The van der Waals surface area contributed by atoms with Gasteiger partial charge in [-0.2, -0.15) is 5.26 Å². The maximum absolute atomic E-state index is 11.4. The van der Waals surface area contributed by atoms with E-state index in [9.17, 15) is 10.1 Å². The number of nitrogens with zero attached hydrogens (tertiary/aromatic N) is 1. The summed E-state index contributed by atoms with van der Waals surface area (Å²) < 4.78 is 17.5. The summed E-state index contributed by atoms with van der Waals surface area (Å²) in [7, 11) is 0.950. The van der Waals surface area contributed by atoms with Gasteiger partial charge in [-0.1, -0.05) is 6.08 Å². The molecule has 0 bridgehead atoms. The average Bonchev–Trinajstić information content (AvgIpc) is 2.78. The lowest BCUT2D eigenvalue weighted by Crippen LogP contribution is -2.41. The molecule has 7 heteroatoms. The van der Waals surface area contributed by atoms with Gasteiger partial charge in [0.15, 0.2) is 0 Å². The van der Waals surface area contributed by atoms with Crippen molar-refractivity contribution in [2.75, 3.05) is 13.7 Å². The van der Waals surface area contributed by atoms with Crippen LogP contribution in [-0.4, -0.2) is 37.9 Å². The first kappa shape index (κ1) is 20.0. The summed E-state index contributed by atoms with van der Waals surface area (Å²) in [6, 6.07) is 7.38. The molecule has 1 fully saturated rings. The smallest absolute Gasteiger partial charge is 0.492 e. The Balaban J connectivity index is 2.44. The van der Waals surface area contributed by atoms with Gasteiger partial charge in [-0.15, -0.1) is 0 Å². The monoisotopic (exact) mass is 356 g/mol. The van der Waals surface area contributed by atoms with E-state index in [2.05, 4.69) is 11.4 Å². The Bertz CT molecular complexity index is 749. The van der Waals surface area contributed by atoms with Crippen LogP contribution in [0.15, 0.2) is 23.7 Å². The second kappa shape index (κ2) is 7.52. The van der Waals surface area contributed by atoms with Gasteiger partial charge in [0.25, 0.3) is 0 Å². The number of carbonyl (C=O) groups excluding carboxylic acids is 1. The molecule has 1 aromatic rings. The molecule has 2 rings (SSSR count). The fraction of sp³-hybridized carbons (Fsp3) is 0.474.